The zero-order valence-electron chi connectivity index (χ0n) is 18.5. The minimum Gasteiger partial charge on any atom is -0.430 e. The summed E-state index contributed by atoms with van der Waals surface area (Å²) in [5.74, 6) is 0.116. The molecule has 0 spiro atoms. The Morgan fingerprint density at radius 1 is 0.906 bits per heavy atom. The van der Waals surface area contributed by atoms with Gasteiger partial charge < -0.3 is 9.84 Å². The van der Waals surface area contributed by atoms with Gasteiger partial charge in [0.25, 0.3) is 0 Å². The number of carbonyl (C=O) groups excluding carboxylic acids is 1. The first kappa shape index (κ1) is 21.8. The van der Waals surface area contributed by atoms with Crippen molar-refractivity contribution in [1.29, 1.82) is 0 Å². The van der Waals surface area contributed by atoms with E-state index in [1.54, 1.807) is 11.1 Å². The Kier molecular flexibility index (Phi) is 6.42. The molecule has 1 amide bonds. The molecule has 0 aromatic heterocycles. The van der Waals surface area contributed by atoms with Crippen molar-refractivity contribution in [2.45, 2.75) is 38.0 Å². The summed E-state index contributed by atoms with van der Waals surface area (Å²) >= 11 is 0. The lowest BCUT2D eigenvalue weighted by Crippen LogP contribution is -2.46. The largest absolute Gasteiger partial charge is 0.430 e. The van der Waals surface area contributed by atoms with Gasteiger partial charge in [-0.2, -0.15) is 0 Å². The second kappa shape index (κ2) is 9.41. The van der Waals surface area contributed by atoms with Crippen LogP contribution in [0.4, 0.5) is 4.79 Å². The molecule has 0 aliphatic carbocycles. The summed E-state index contributed by atoms with van der Waals surface area (Å²) < 4.78 is 6.22. The average Bonchev–Trinajstić information content (AvgIpc) is 3.14. The van der Waals surface area contributed by atoms with Gasteiger partial charge in [-0.1, -0.05) is 111 Å². The van der Waals surface area contributed by atoms with E-state index in [0.717, 1.165) is 16.7 Å². The highest BCUT2D eigenvalue weighted by molar-refractivity contribution is 5.75. The van der Waals surface area contributed by atoms with Crippen LogP contribution in [0.3, 0.4) is 0 Å². The van der Waals surface area contributed by atoms with Crippen LogP contribution in [0.25, 0.3) is 0 Å². The number of cyclic esters (lactones) is 1. The van der Waals surface area contributed by atoms with Gasteiger partial charge in [-0.25, -0.2) is 4.79 Å². The molecule has 4 nitrogen and oxygen atoms in total. The molecule has 3 aromatic rings. The van der Waals surface area contributed by atoms with E-state index >= 15 is 0 Å². The molecule has 0 bridgehead atoms. The molecule has 0 saturated carbocycles. The third-order valence-electron chi connectivity index (χ3n) is 6.02. The lowest BCUT2D eigenvalue weighted by molar-refractivity contribution is 0.0562. The maximum Gasteiger partial charge on any atom is 0.415 e. The molecule has 4 heteroatoms. The summed E-state index contributed by atoms with van der Waals surface area (Å²) in [5.41, 5.74) is 1.82. The summed E-state index contributed by atoms with van der Waals surface area (Å²) in [6, 6.07) is 29.2. The Bertz CT molecular complexity index is 1010. The molecule has 4 rings (SSSR count). The van der Waals surface area contributed by atoms with Crippen molar-refractivity contribution >= 4 is 6.09 Å². The Labute approximate surface area is 189 Å². The second-order valence-electron chi connectivity index (χ2n) is 8.48. The van der Waals surface area contributed by atoms with E-state index in [1.807, 2.05) is 97.1 Å². The van der Waals surface area contributed by atoms with E-state index in [9.17, 15) is 9.90 Å². The van der Waals surface area contributed by atoms with Gasteiger partial charge in [0.2, 0.25) is 0 Å². The van der Waals surface area contributed by atoms with Gasteiger partial charge in [0, 0.05) is 17.3 Å². The molecular weight excluding hydrogens is 398 g/mol. The average molecular weight is 428 g/mol. The van der Waals surface area contributed by atoms with Crippen molar-refractivity contribution in [3.05, 3.63) is 120 Å². The number of hydrogen-bond donors (Lipinski definition) is 1. The van der Waals surface area contributed by atoms with Gasteiger partial charge >= 0.3 is 6.09 Å². The number of ether oxygens (including phenoxy) is 1. The third-order valence-corrected chi connectivity index (χ3v) is 6.02. The maximum atomic E-state index is 13.2. The van der Waals surface area contributed by atoms with Crippen LogP contribution < -0.4 is 0 Å². The minimum atomic E-state index is -0.920. The lowest BCUT2D eigenvalue weighted by Gasteiger charge is -2.37. The molecule has 1 fully saturated rings. The van der Waals surface area contributed by atoms with Crippen LogP contribution in [0.2, 0.25) is 0 Å². The monoisotopic (exact) mass is 427 g/mol. The Morgan fingerprint density at radius 3 is 1.91 bits per heavy atom. The zero-order chi connectivity index (χ0) is 22.6. The molecule has 3 aromatic carbocycles. The number of benzene rings is 3. The first-order valence-corrected chi connectivity index (χ1v) is 11.1. The van der Waals surface area contributed by atoms with Crippen LogP contribution in [-0.4, -0.2) is 22.1 Å². The molecule has 0 radical (unpaired) electrons. The third kappa shape index (κ3) is 4.06. The van der Waals surface area contributed by atoms with Crippen LogP contribution in [0.1, 0.15) is 43.1 Å². The molecule has 1 aliphatic rings. The van der Waals surface area contributed by atoms with Crippen LogP contribution in [0.5, 0.6) is 0 Å². The minimum absolute atomic E-state index is 0.116. The molecule has 0 unspecified atom stereocenters. The van der Waals surface area contributed by atoms with Crippen molar-refractivity contribution in [3.63, 3.8) is 0 Å². The van der Waals surface area contributed by atoms with Crippen molar-refractivity contribution in [3.8, 4) is 0 Å². The van der Waals surface area contributed by atoms with Crippen LogP contribution in [0.15, 0.2) is 103 Å². The molecule has 2 atom stereocenters. The molecule has 1 N–H and O–H groups in total. The summed E-state index contributed by atoms with van der Waals surface area (Å²) in [7, 11) is 0. The molecule has 32 heavy (non-hydrogen) atoms. The summed E-state index contributed by atoms with van der Waals surface area (Å²) in [5, 5.41) is 10.5. The van der Waals surface area contributed by atoms with Crippen molar-refractivity contribution in [1.82, 2.24) is 4.90 Å². The number of amides is 1. The number of nitrogens with zero attached hydrogens (tertiary/aromatic N) is 1. The fraction of sp³-hybridized carbons (Fsp3) is 0.250. The Balaban J connectivity index is 1.70. The Morgan fingerprint density at radius 2 is 1.41 bits per heavy atom. The fourth-order valence-corrected chi connectivity index (χ4v) is 4.62. The van der Waals surface area contributed by atoms with E-state index < -0.39 is 11.7 Å². The number of hydrogen-bond acceptors (Lipinski definition) is 3. The highest BCUT2D eigenvalue weighted by atomic mass is 16.6. The number of aliphatic hydroxyl groups is 1. The van der Waals surface area contributed by atoms with E-state index in [0.29, 0.717) is 6.42 Å². The standard InChI is InChI=1S/C28H29NO3/c1-21(2)26-28(23-15-8-4-9-16-23,24-17-10-5-11-18-24)32-27(31)29(26)20-12-19-25(30)22-13-6-3-7-14-22/h3-18,20-21,25-26,30H,19H2,1-2H3/b20-12-/t25-,26-/m0/s1. The zero-order valence-corrected chi connectivity index (χ0v) is 18.5. The predicted octanol–water partition coefficient (Wildman–Crippen LogP) is 6.04. The first-order valence-electron chi connectivity index (χ1n) is 11.1. The van der Waals surface area contributed by atoms with Crippen molar-refractivity contribution in [2.75, 3.05) is 0 Å². The molecular formula is C28H29NO3. The molecule has 1 heterocycles. The number of aliphatic hydroxyl groups excluding tert-OH is 1. The molecule has 164 valence electrons. The smallest absolute Gasteiger partial charge is 0.415 e. The Hall–Kier alpha value is -3.37. The summed E-state index contributed by atoms with van der Waals surface area (Å²) in [4.78, 5) is 14.9. The molecule has 1 saturated heterocycles. The summed E-state index contributed by atoms with van der Waals surface area (Å²) in [6.07, 6.45) is 3.01. The topological polar surface area (TPSA) is 49.8 Å². The number of carbonyl (C=O) groups is 1. The highest BCUT2D eigenvalue weighted by Crippen LogP contribution is 2.47. The maximum absolute atomic E-state index is 13.2. The van der Waals surface area contributed by atoms with Crippen molar-refractivity contribution < 1.29 is 14.6 Å². The van der Waals surface area contributed by atoms with E-state index in [4.69, 9.17) is 4.74 Å². The fourth-order valence-electron chi connectivity index (χ4n) is 4.62. The SMILES string of the molecule is CC(C)[C@@H]1N(/C=C\C[C@H](O)c2ccccc2)C(=O)OC1(c1ccccc1)c1ccccc1. The number of rotatable bonds is 7. The van der Waals surface area contributed by atoms with Gasteiger partial charge in [-0.3, -0.25) is 4.90 Å². The highest BCUT2D eigenvalue weighted by Gasteiger charge is 2.56. The van der Waals surface area contributed by atoms with Crippen LogP contribution in [0, 0.1) is 5.92 Å². The van der Waals surface area contributed by atoms with Gasteiger partial charge in [-0.05, 0) is 17.9 Å². The van der Waals surface area contributed by atoms with Gasteiger partial charge in [0.1, 0.15) is 0 Å². The van der Waals surface area contributed by atoms with E-state index in [2.05, 4.69) is 13.8 Å². The summed E-state index contributed by atoms with van der Waals surface area (Å²) in [6.45, 7) is 4.21. The molecule has 1 aliphatic heterocycles. The second-order valence-corrected chi connectivity index (χ2v) is 8.48. The predicted molar refractivity (Wildman–Crippen MR) is 126 cm³/mol. The van der Waals surface area contributed by atoms with Crippen molar-refractivity contribution in [2.24, 2.45) is 5.92 Å². The quantitative estimate of drug-likeness (QED) is 0.500. The normalized spacial score (nSPS) is 18.8. The van der Waals surface area contributed by atoms with Gasteiger partial charge in [-0.15, -0.1) is 0 Å². The van der Waals surface area contributed by atoms with E-state index in [-0.39, 0.29) is 18.1 Å². The van der Waals surface area contributed by atoms with Gasteiger partial charge in [0.15, 0.2) is 5.60 Å². The lowest BCUT2D eigenvalue weighted by atomic mass is 9.76. The van der Waals surface area contributed by atoms with E-state index in [1.165, 1.54) is 0 Å². The van der Waals surface area contributed by atoms with Crippen LogP contribution >= 0.6 is 0 Å². The van der Waals surface area contributed by atoms with Crippen LogP contribution in [-0.2, 0) is 10.3 Å². The van der Waals surface area contributed by atoms with Gasteiger partial charge in [0.05, 0.1) is 12.1 Å². The first-order chi connectivity index (χ1) is 15.5.